The van der Waals surface area contributed by atoms with Crippen molar-refractivity contribution in [3.63, 3.8) is 0 Å². The van der Waals surface area contributed by atoms with Gasteiger partial charge in [-0.15, -0.1) is 10.2 Å². The third-order valence-corrected chi connectivity index (χ3v) is 7.23. The van der Waals surface area contributed by atoms with E-state index >= 15 is 0 Å². The van der Waals surface area contributed by atoms with Gasteiger partial charge in [-0.05, 0) is 25.0 Å². The third-order valence-electron chi connectivity index (χ3n) is 5.33. The second-order valence-electron chi connectivity index (χ2n) is 6.98. The molecule has 4 rings (SSSR count). The summed E-state index contributed by atoms with van der Waals surface area (Å²) < 4.78 is 35.4. The van der Waals surface area contributed by atoms with Crippen molar-refractivity contribution in [1.82, 2.24) is 24.4 Å². The highest BCUT2D eigenvalue weighted by Crippen LogP contribution is 2.32. The van der Waals surface area contributed by atoms with Gasteiger partial charge in [0.25, 0.3) is 0 Å². The monoisotopic (exact) mass is 391 g/mol. The van der Waals surface area contributed by atoms with Crippen LogP contribution in [0.2, 0.25) is 0 Å². The van der Waals surface area contributed by atoms with Crippen molar-refractivity contribution in [1.29, 1.82) is 0 Å². The van der Waals surface area contributed by atoms with Crippen LogP contribution in [-0.4, -0.2) is 60.8 Å². The van der Waals surface area contributed by atoms with Gasteiger partial charge in [-0.1, -0.05) is 12.1 Å². The Bertz CT molecular complexity index is 911. The van der Waals surface area contributed by atoms with Gasteiger partial charge in [-0.2, -0.15) is 4.31 Å². The lowest BCUT2D eigenvalue weighted by molar-refractivity contribution is 0.302. The van der Waals surface area contributed by atoms with E-state index in [1.165, 1.54) is 7.11 Å². The highest BCUT2D eigenvalue weighted by molar-refractivity contribution is 7.89. The molecule has 1 N–H and O–H groups in total. The fourth-order valence-electron chi connectivity index (χ4n) is 3.94. The topological polar surface area (TPSA) is 89.4 Å². The van der Waals surface area contributed by atoms with Gasteiger partial charge in [-0.3, -0.25) is 0 Å². The number of hydrogen-bond acceptors (Lipinski definition) is 6. The number of fused-ring (bicyclic) bond motifs is 1. The summed E-state index contributed by atoms with van der Waals surface area (Å²) >= 11 is 0. The number of para-hydroxylation sites is 1. The summed E-state index contributed by atoms with van der Waals surface area (Å²) in [6.07, 6.45) is 2.58. The molecule has 0 unspecified atom stereocenters. The minimum absolute atomic E-state index is 0.0579. The van der Waals surface area contributed by atoms with Crippen molar-refractivity contribution in [2.75, 3.05) is 33.3 Å². The average molecular weight is 391 g/mol. The van der Waals surface area contributed by atoms with E-state index in [1.54, 1.807) is 28.6 Å². The van der Waals surface area contributed by atoms with Crippen LogP contribution in [0.4, 0.5) is 0 Å². The molecule has 2 aromatic rings. The second kappa shape index (κ2) is 7.57. The van der Waals surface area contributed by atoms with Crippen LogP contribution >= 0.6 is 0 Å². The highest BCUT2D eigenvalue weighted by Gasteiger charge is 2.34. The predicted molar refractivity (Wildman–Crippen MR) is 100 cm³/mol. The lowest BCUT2D eigenvalue weighted by Gasteiger charge is -2.32. The molecule has 8 nitrogen and oxygen atoms in total. The maximum atomic E-state index is 13.2. The van der Waals surface area contributed by atoms with Gasteiger partial charge in [0.15, 0.2) is 0 Å². The number of methoxy groups -OCH3 is 1. The molecule has 27 heavy (non-hydrogen) atoms. The van der Waals surface area contributed by atoms with Crippen molar-refractivity contribution in [3.8, 4) is 5.75 Å². The van der Waals surface area contributed by atoms with Crippen LogP contribution in [0.25, 0.3) is 0 Å². The van der Waals surface area contributed by atoms with E-state index in [-0.39, 0.29) is 10.8 Å². The van der Waals surface area contributed by atoms with Crippen molar-refractivity contribution in [2.24, 2.45) is 0 Å². The van der Waals surface area contributed by atoms with E-state index in [9.17, 15) is 8.42 Å². The van der Waals surface area contributed by atoms with Crippen LogP contribution in [0.1, 0.15) is 30.4 Å². The number of benzene rings is 1. The molecule has 9 heteroatoms. The van der Waals surface area contributed by atoms with Crippen LogP contribution in [-0.2, 0) is 23.0 Å². The van der Waals surface area contributed by atoms with Gasteiger partial charge in [0.05, 0.1) is 7.11 Å². The molecule has 0 spiro atoms. The Kier molecular flexibility index (Phi) is 5.16. The Morgan fingerprint density at radius 2 is 2.04 bits per heavy atom. The fourth-order valence-corrected chi connectivity index (χ4v) is 5.62. The van der Waals surface area contributed by atoms with E-state index in [4.69, 9.17) is 4.74 Å². The highest BCUT2D eigenvalue weighted by atomic mass is 32.2. The van der Waals surface area contributed by atoms with Gasteiger partial charge in [-0.25, -0.2) is 8.42 Å². The molecule has 0 bridgehead atoms. The summed E-state index contributed by atoms with van der Waals surface area (Å²) in [5.74, 6) is 2.33. The molecule has 0 aliphatic carbocycles. The maximum Gasteiger partial charge on any atom is 0.246 e. The van der Waals surface area contributed by atoms with Crippen LogP contribution in [0.5, 0.6) is 5.75 Å². The summed E-state index contributed by atoms with van der Waals surface area (Å²) in [4.78, 5) is 0.220. The molecule has 0 radical (unpaired) electrons. The largest absolute Gasteiger partial charge is 0.495 e. The smallest absolute Gasteiger partial charge is 0.246 e. The van der Waals surface area contributed by atoms with E-state index < -0.39 is 10.0 Å². The molecule has 0 saturated carbocycles. The SMILES string of the molecule is COc1ccccc1S(=O)(=O)N1CCC[C@H](c2nnc3n2CCNCC3)C1. The molecular formula is C18H25N5O3S. The van der Waals surface area contributed by atoms with Crippen LogP contribution in [0.15, 0.2) is 29.2 Å². The molecule has 146 valence electrons. The van der Waals surface area contributed by atoms with Crippen LogP contribution < -0.4 is 10.1 Å². The number of ether oxygens (including phenoxy) is 1. The lowest BCUT2D eigenvalue weighted by Crippen LogP contribution is -2.40. The van der Waals surface area contributed by atoms with Crippen molar-refractivity contribution in [2.45, 2.75) is 36.6 Å². The van der Waals surface area contributed by atoms with Gasteiger partial charge in [0.1, 0.15) is 22.3 Å². The summed E-state index contributed by atoms with van der Waals surface area (Å²) in [7, 11) is -2.13. The van der Waals surface area contributed by atoms with Gasteiger partial charge in [0.2, 0.25) is 10.0 Å². The minimum Gasteiger partial charge on any atom is -0.495 e. The van der Waals surface area contributed by atoms with Gasteiger partial charge < -0.3 is 14.6 Å². The normalized spacial score (nSPS) is 21.4. The van der Waals surface area contributed by atoms with Gasteiger partial charge in [0, 0.05) is 45.1 Å². The van der Waals surface area contributed by atoms with Crippen LogP contribution in [0, 0.1) is 0 Å². The molecule has 1 saturated heterocycles. The average Bonchev–Trinajstić information content (AvgIpc) is 2.96. The zero-order valence-corrected chi connectivity index (χ0v) is 16.3. The Morgan fingerprint density at radius 1 is 1.19 bits per heavy atom. The zero-order valence-electron chi connectivity index (χ0n) is 15.5. The Balaban J connectivity index is 1.61. The van der Waals surface area contributed by atoms with Crippen LogP contribution in [0.3, 0.4) is 0 Å². The standard InChI is InChI=1S/C18H25N5O3S/c1-26-15-6-2-3-7-16(15)27(24,25)22-11-4-5-14(13-22)18-21-20-17-8-9-19-10-12-23(17)18/h2-3,6-7,14,19H,4-5,8-13H2,1H3/t14-/m0/s1. The lowest BCUT2D eigenvalue weighted by atomic mass is 9.99. The molecule has 1 aromatic heterocycles. The first-order chi connectivity index (χ1) is 13.1. The summed E-state index contributed by atoms with van der Waals surface area (Å²) in [5, 5.41) is 12.1. The molecule has 0 amide bonds. The van der Waals surface area contributed by atoms with E-state index in [2.05, 4.69) is 20.1 Å². The van der Waals surface area contributed by atoms with Crippen molar-refractivity contribution in [3.05, 3.63) is 35.9 Å². The first kappa shape index (κ1) is 18.4. The Labute approximate surface area is 159 Å². The summed E-state index contributed by atoms with van der Waals surface area (Å²) in [5.41, 5.74) is 0. The first-order valence-electron chi connectivity index (χ1n) is 9.37. The van der Waals surface area contributed by atoms with Crippen molar-refractivity contribution >= 4 is 10.0 Å². The predicted octanol–water partition coefficient (Wildman–Crippen LogP) is 1.00. The minimum atomic E-state index is -3.62. The molecule has 1 fully saturated rings. The van der Waals surface area contributed by atoms with E-state index in [0.717, 1.165) is 50.5 Å². The number of hydrogen-bond donors (Lipinski definition) is 1. The Morgan fingerprint density at radius 3 is 2.89 bits per heavy atom. The molecule has 1 atom stereocenters. The zero-order chi connectivity index (χ0) is 18.9. The number of sulfonamides is 1. The maximum absolute atomic E-state index is 13.2. The second-order valence-corrected chi connectivity index (χ2v) is 8.89. The molecule has 2 aliphatic heterocycles. The number of nitrogens with one attached hydrogen (secondary N) is 1. The van der Waals surface area contributed by atoms with E-state index in [0.29, 0.717) is 18.8 Å². The molecule has 3 heterocycles. The number of aromatic nitrogens is 3. The van der Waals surface area contributed by atoms with Crippen molar-refractivity contribution < 1.29 is 13.2 Å². The Hall–Kier alpha value is -1.97. The molecule has 1 aromatic carbocycles. The van der Waals surface area contributed by atoms with Gasteiger partial charge >= 0.3 is 0 Å². The number of piperidine rings is 1. The first-order valence-corrected chi connectivity index (χ1v) is 10.8. The summed E-state index contributed by atoms with van der Waals surface area (Å²) in [6.45, 7) is 3.55. The fraction of sp³-hybridized carbons (Fsp3) is 0.556. The summed E-state index contributed by atoms with van der Waals surface area (Å²) in [6, 6.07) is 6.78. The molecular weight excluding hydrogens is 366 g/mol. The quantitative estimate of drug-likeness (QED) is 0.836. The molecule has 2 aliphatic rings. The number of rotatable bonds is 4. The van der Waals surface area contributed by atoms with E-state index in [1.807, 2.05) is 0 Å². The third kappa shape index (κ3) is 3.46. The number of nitrogens with zero attached hydrogens (tertiary/aromatic N) is 4.